The Morgan fingerprint density at radius 2 is 1.68 bits per heavy atom. The molecule has 0 atom stereocenters. The number of hydrogen-bond acceptors (Lipinski definition) is 4. The number of H-pyrrole nitrogens is 1. The number of nitrogens with zero attached hydrogens (tertiary/aromatic N) is 3. The lowest BCUT2D eigenvalue weighted by atomic mass is 10.2. The molecule has 3 rings (SSSR count). The van der Waals surface area contributed by atoms with Crippen molar-refractivity contribution in [3.63, 3.8) is 0 Å². The number of nitrogens with one attached hydrogen (secondary N) is 1. The fraction of sp³-hybridized carbons (Fsp3) is 0.0714. The van der Waals surface area contributed by atoms with Crippen molar-refractivity contribution in [1.82, 2.24) is 20.6 Å². The van der Waals surface area contributed by atoms with Crippen molar-refractivity contribution in [3.05, 3.63) is 57.0 Å². The van der Waals surface area contributed by atoms with Crippen LogP contribution in [0, 0.1) is 0 Å². The molecule has 3 aromatic rings. The Bertz CT molecular complexity index is 752. The Morgan fingerprint density at radius 3 is 2.27 bits per heavy atom. The van der Waals surface area contributed by atoms with E-state index in [-0.39, 0.29) is 0 Å². The largest absolute Gasteiger partial charge is 0.486 e. The first-order chi connectivity index (χ1) is 10.6. The van der Waals surface area contributed by atoms with E-state index in [4.69, 9.17) is 39.5 Å². The predicted molar refractivity (Wildman–Crippen MR) is 85.4 cm³/mol. The summed E-state index contributed by atoms with van der Waals surface area (Å²) in [7, 11) is 0. The van der Waals surface area contributed by atoms with E-state index in [0.29, 0.717) is 38.8 Å². The zero-order valence-corrected chi connectivity index (χ0v) is 13.3. The molecule has 0 saturated heterocycles. The Labute approximate surface area is 141 Å². The highest BCUT2D eigenvalue weighted by molar-refractivity contribution is 6.37. The lowest BCUT2D eigenvalue weighted by Crippen LogP contribution is -1.97. The third-order valence-corrected chi connectivity index (χ3v) is 3.71. The first-order valence-corrected chi connectivity index (χ1v) is 7.37. The second-order valence-electron chi connectivity index (χ2n) is 4.42. The van der Waals surface area contributed by atoms with Crippen LogP contribution >= 0.6 is 34.8 Å². The lowest BCUT2D eigenvalue weighted by Gasteiger charge is -2.11. The molecule has 0 aliphatic carbocycles. The molecular formula is C14H9Cl3N4O. The van der Waals surface area contributed by atoms with Gasteiger partial charge in [-0.05, 0) is 35.0 Å². The van der Waals surface area contributed by atoms with Crippen LogP contribution in [-0.4, -0.2) is 20.6 Å². The standard InChI is InChI=1S/C14H9Cl3N4O/c15-10-3-1-8(2-4-10)7-22-13-11(16)5-9(6-12(13)17)14-18-20-21-19-14/h1-6H,7H2,(H,18,19,20,21). The molecule has 22 heavy (non-hydrogen) atoms. The quantitative estimate of drug-likeness (QED) is 0.753. The molecule has 0 aliphatic rings. The maximum Gasteiger partial charge on any atom is 0.204 e. The van der Waals surface area contributed by atoms with Gasteiger partial charge in [-0.15, -0.1) is 10.2 Å². The molecule has 1 heterocycles. The summed E-state index contributed by atoms with van der Waals surface area (Å²) in [6, 6.07) is 10.7. The van der Waals surface area contributed by atoms with Crippen LogP contribution in [-0.2, 0) is 6.61 Å². The molecule has 1 aromatic heterocycles. The van der Waals surface area contributed by atoms with Crippen molar-refractivity contribution < 1.29 is 4.74 Å². The van der Waals surface area contributed by atoms with Gasteiger partial charge in [-0.2, -0.15) is 5.21 Å². The van der Waals surface area contributed by atoms with Gasteiger partial charge < -0.3 is 4.74 Å². The number of benzene rings is 2. The summed E-state index contributed by atoms with van der Waals surface area (Å²) >= 11 is 18.3. The zero-order valence-electron chi connectivity index (χ0n) is 11.1. The number of rotatable bonds is 4. The fourth-order valence-corrected chi connectivity index (χ4v) is 2.57. The van der Waals surface area contributed by atoms with E-state index in [1.54, 1.807) is 24.3 Å². The Kier molecular flexibility index (Phi) is 4.47. The molecule has 0 bridgehead atoms. The van der Waals surface area contributed by atoms with Gasteiger partial charge in [0.1, 0.15) is 6.61 Å². The fourth-order valence-electron chi connectivity index (χ4n) is 1.85. The van der Waals surface area contributed by atoms with Crippen LogP contribution in [0.25, 0.3) is 11.4 Å². The number of ether oxygens (including phenoxy) is 1. The summed E-state index contributed by atoms with van der Waals surface area (Å²) in [4.78, 5) is 0. The summed E-state index contributed by atoms with van der Waals surface area (Å²) < 4.78 is 5.69. The molecule has 0 unspecified atom stereocenters. The highest BCUT2D eigenvalue weighted by atomic mass is 35.5. The molecule has 5 nitrogen and oxygen atoms in total. The minimum atomic E-state index is 0.332. The lowest BCUT2D eigenvalue weighted by molar-refractivity contribution is 0.306. The van der Waals surface area contributed by atoms with E-state index in [9.17, 15) is 0 Å². The Hall–Kier alpha value is -1.82. The van der Waals surface area contributed by atoms with Crippen LogP contribution < -0.4 is 4.74 Å². The SMILES string of the molecule is Clc1ccc(COc2c(Cl)cc(-c3nn[nH]n3)cc2Cl)cc1. The van der Waals surface area contributed by atoms with Gasteiger partial charge in [0.25, 0.3) is 0 Å². The topological polar surface area (TPSA) is 63.7 Å². The average molecular weight is 356 g/mol. The first kappa shape index (κ1) is 15.1. The van der Waals surface area contributed by atoms with E-state index < -0.39 is 0 Å². The van der Waals surface area contributed by atoms with Gasteiger partial charge in [-0.1, -0.05) is 46.9 Å². The Balaban J connectivity index is 1.80. The molecule has 0 radical (unpaired) electrons. The van der Waals surface area contributed by atoms with Crippen LogP contribution in [0.3, 0.4) is 0 Å². The van der Waals surface area contributed by atoms with Crippen molar-refractivity contribution in [2.24, 2.45) is 0 Å². The minimum absolute atomic E-state index is 0.332. The van der Waals surface area contributed by atoms with Crippen molar-refractivity contribution >= 4 is 34.8 Å². The molecule has 0 fully saturated rings. The van der Waals surface area contributed by atoms with Gasteiger partial charge in [-0.25, -0.2) is 0 Å². The van der Waals surface area contributed by atoms with E-state index in [1.807, 2.05) is 12.1 Å². The average Bonchev–Trinajstić information content (AvgIpc) is 3.02. The van der Waals surface area contributed by atoms with Crippen LogP contribution in [0.2, 0.25) is 15.1 Å². The molecule has 0 spiro atoms. The number of aromatic amines is 1. The molecule has 2 aromatic carbocycles. The maximum atomic E-state index is 6.23. The third-order valence-electron chi connectivity index (χ3n) is 2.90. The van der Waals surface area contributed by atoms with Crippen LogP contribution in [0.15, 0.2) is 36.4 Å². The molecular weight excluding hydrogens is 347 g/mol. The highest BCUT2D eigenvalue weighted by Gasteiger charge is 2.13. The van der Waals surface area contributed by atoms with Gasteiger partial charge in [0.2, 0.25) is 5.82 Å². The summed E-state index contributed by atoms with van der Waals surface area (Å²) in [5, 5.41) is 15.1. The van der Waals surface area contributed by atoms with Gasteiger partial charge in [0.05, 0.1) is 10.0 Å². The van der Waals surface area contributed by atoms with Crippen molar-refractivity contribution in [2.45, 2.75) is 6.61 Å². The van der Waals surface area contributed by atoms with Crippen LogP contribution in [0.5, 0.6) is 5.75 Å². The number of halogens is 3. The van der Waals surface area contributed by atoms with E-state index in [2.05, 4.69) is 20.6 Å². The smallest absolute Gasteiger partial charge is 0.204 e. The normalized spacial score (nSPS) is 10.7. The van der Waals surface area contributed by atoms with Crippen molar-refractivity contribution in [3.8, 4) is 17.1 Å². The first-order valence-electron chi connectivity index (χ1n) is 6.23. The van der Waals surface area contributed by atoms with Gasteiger partial charge in [0.15, 0.2) is 5.75 Å². The second kappa shape index (κ2) is 6.52. The predicted octanol–water partition coefficient (Wildman–Crippen LogP) is 4.41. The summed E-state index contributed by atoms with van der Waals surface area (Å²) in [6.07, 6.45) is 0. The van der Waals surface area contributed by atoms with E-state index in [1.165, 1.54) is 0 Å². The molecule has 112 valence electrons. The summed E-state index contributed by atoms with van der Waals surface area (Å²) in [6.45, 7) is 0.332. The summed E-state index contributed by atoms with van der Waals surface area (Å²) in [5.74, 6) is 0.818. The zero-order chi connectivity index (χ0) is 15.5. The monoisotopic (exact) mass is 354 g/mol. The summed E-state index contributed by atoms with van der Waals surface area (Å²) in [5.41, 5.74) is 1.61. The minimum Gasteiger partial charge on any atom is -0.486 e. The van der Waals surface area contributed by atoms with Gasteiger partial charge >= 0.3 is 0 Å². The van der Waals surface area contributed by atoms with E-state index in [0.717, 1.165) is 5.56 Å². The Morgan fingerprint density at radius 1 is 1.00 bits per heavy atom. The maximum absolute atomic E-state index is 6.23. The van der Waals surface area contributed by atoms with Gasteiger partial charge in [0, 0.05) is 10.6 Å². The molecule has 0 amide bonds. The van der Waals surface area contributed by atoms with Crippen LogP contribution in [0.4, 0.5) is 0 Å². The molecule has 1 N–H and O–H groups in total. The third kappa shape index (κ3) is 3.32. The highest BCUT2D eigenvalue weighted by Crippen LogP contribution is 2.37. The second-order valence-corrected chi connectivity index (χ2v) is 5.67. The van der Waals surface area contributed by atoms with Gasteiger partial charge in [-0.3, -0.25) is 0 Å². The molecule has 0 saturated carbocycles. The van der Waals surface area contributed by atoms with E-state index >= 15 is 0 Å². The number of tetrazole rings is 1. The number of hydrogen-bond donors (Lipinski definition) is 1. The molecule has 0 aliphatic heterocycles. The number of aromatic nitrogens is 4. The van der Waals surface area contributed by atoms with Crippen molar-refractivity contribution in [2.75, 3.05) is 0 Å². The molecule has 8 heteroatoms. The van der Waals surface area contributed by atoms with Crippen molar-refractivity contribution in [1.29, 1.82) is 0 Å². The van der Waals surface area contributed by atoms with Crippen LogP contribution in [0.1, 0.15) is 5.56 Å².